The Morgan fingerprint density at radius 2 is 1.90 bits per heavy atom. The number of nitrogens with one attached hydrogen (secondary N) is 2. The van der Waals surface area contributed by atoms with E-state index in [1.54, 1.807) is 39.0 Å². The number of hydrogen-bond acceptors (Lipinski definition) is 6. The number of methoxy groups -OCH3 is 1. The first kappa shape index (κ1) is 21.9. The van der Waals surface area contributed by atoms with Gasteiger partial charge in [0.05, 0.1) is 25.6 Å². The van der Waals surface area contributed by atoms with Crippen molar-refractivity contribution < 1.29 is 28.6 Å². The maximum Gasteiger partial charge on any atom is 0.340 e. The fourth-order valence-corrected chi connectivity index (χ4v) is 2.85. The summed E-state index contributed by atoms with van der Waals surface area (Å²) < 4.78 is 10.4. The lowest BCUT2D eigenvalue weighted by Gasteiger charge is -2.18. The van der Waals surface area contributed by atoms with Gasteiger partial charge in [-0.3, -0.25) is 9.59 Å². The third-order valence-corrected chi connectivity index (χ3v) is 4.53. The summed E-state index contributed by atoms with van der Waals surface area (Å²) in [6.07, 6.45) is -0.268. The summed E-state index contributed by atoms with van der Waals surface area (Å²) in [5, 5.41) is 14.5. The van der Waals surface area contributed by atoms with Crippen LogP contribution in [0.5, 0.6) is 5.75 Å². The Bertz CT molecular complexity index is 994. The number of carboxylic acid groups (broad SMARTS) is 1. The third-order valence-electron chi connectivity index (χ3n) is 4.53. The molecule has 0 fully saturated rings. The van der Waals surface area contributed by atoms with Gasteiger partial charge in [0, 0.05) is 11.5 Å². The third kappa shape index (κ3) is 5.34. The van der Waals surface area contributed by atoms with Gasteiger partial charge in [-0.15, -0.1) is 0 Å². The van der Waals surface area contributed by atoms with Crippen molar-refractivity contribution in [2.24, 2.45) is 5.92 Å². The molecule has 1 aromatic carbocycles. The number of fused-ring (bicyclic) bond motifs is 1. The van der Waals surface area contributed by atoms with Crippen LogP contribution < -0.4 is 21.0 Å². The smallest absolute Gasteiger partial charge is 0.340 e. The van der Waals surface area contributed by atoms with Crippen LogP contribution in [0.25, 0.3) is 11.0 Å². The van der Waals surface area contributed by atoms with Crippen LogP contribution in [0, 0.1) is 12.8 Å². The van der Waals surface area contributed by atoms with Crippen LogP contribution in [0.2, 0.25) is 0 Å². The molecule has 9 heteroatoms. The number of ether oxygens (including phenoxy) is 1. The number of hydrogen-bond donors (Lipinski definition) is 3. The zero-order valence-electron chi connectivity index (χ0n) is 16.7. The molecule has 0 spiro atoms. The predicted octanol–water partition coefficient (Wildman–Crippen LogP) is 0.994. The first-order chi connectivity index (χ1) is 13.6. The van der Waals surface area contributed by atoms with Crippen LogP contribution in [0.3, 0.4) is 0 Å². The van der Waals surface area contributed by atoms with Crippen LogP contribution in [0.1, 0.15) is 25.0 Å². The van der Waals surface area contributed by atoms with Gasteiger partial charge in [0.1, 0.15) is 17.4 Å². The second-order valence-corrected chi connectivity index (χ2v) is 6.94. The van der Waals surface area contributed by atoms with Crippen molar-refractivity contribution in [2.45, 2.75) is 33.2 Å². The molecule has 9 nitrogen and oxygen atoms in total. The van der Waals surface area contributed by atoms with E-state index >= 15 is 0 Å². The predicted molar refractivity (Wildman–Crippen MR) is 105 cm³/mol. The molecule has 3 N–H and O–H groups in total. The Labute approximate surface area is 167 Å². The maximum absolute atomic E-state index is 12.3. The maximum atomic E-state index is 12.3. The number of amides is 2. The molecule has 0 aliphatic heterocycles. The Morgan fingerprint density at radius 3 is 2.48 bits per heavy atom. The fraction of sp³-hybridized carbons (Fsp3) is 0.400. The van der Waals surface area contributed by atoms with Crippen molar-refractivity contribution in [3.63, 3.8) is 0 Å². The first-order valence-electron chi connectivity index (χ1n) is 9.03. The van der Waals surface area contributed by atoms with E-state index in [2.05, 4.69) is 10.6 Å². The molecule has 2 rings (SSSR count). The van der Waals surface area contributed by atoms with Crippen LogP contribution >= 0.6 is 0 Å². The van der Waals surface area contributed by atoms with Crippen LogP contribution in [0.15, 0.2) is 27.4 Å². The second-order valence-electron chi connectivity index (χ2n) is 6.94. The van der Waals surface area contributed by atoms with Gasteiger partial charge in [-0.05, 0) is 30.5 Å². The average Bonchev–Trinajstić information content (AvgIpc) is 2.66. The van der Waals surface area contributed by atoms with E-state index in [4.69, 9.17) is 14.3 Å². The summed E-state index contributed by atoms with van der Waals surface area (Å²) >= 11 is 0. The van der Waals surface area contributed by atoms with Crippen molar-refractivity contribution in [2.75, 3.05) is 13.7 Å². The van der Waals surface area contributed by atoms with E-state index in [9.17, 15) is 19.2 Å². The summed E-state index contributed by atoms with van der Waals surface area (Å²) in [7, 11) is 1.50. The highest BCUT2D eigenvalue weighted by molar-refractivity contribution is 5.89. The van der Waals surface area contributed by atoms with Crippen molar-refractivity contribution in [1.82, 2.24) is 10.6 Å². The minimum Gasteiger partial charge on any atom is -0.497 e. The highest BCUT2D eigenvalue weighted by Crippen LogP contribution is 2.24. The summed E-state index contributed by atoms with van der Waals surface area (Å²) in [6.45, 7) is 4.63. The van der Waals surface area contributed by atoms with Gasteiger partial charge in [-0.1, -0.05) is 13.8 Å². The molecule has 0 aliphatic carbocycles. The topological polar surface area (TPSA) is 135 Å². The number of aryl methyl sites for hydroxylation is 1. The van der Waals surface area contributed by atoms with Gasteiger partial charge in [0.15, 0.2) is 0 Å². The lowest BCUT2D eigenvalue weighted by atomic mass is 10.0. The van der Waals surface area contributed by atoms with E-state index in [1.165, 1.54) is 7.11 Å². The normalized spacial score (nSPS) is 11.9. The second kappa shape index (κ2) is 9.22. The molecular weight excluding hydrogens is 380 g/mol. The largest absolute Gasteiger partial charge is 0.497 e. The number of carbonyl (C=O) groups is 3. The zero-order chi connectivity index (χ0) is 21.7. The molecule has 0 saturated carbocycles. The molecule has 0 aliphatic rings. The molecular formula is C20H24N2O7. The minimum atomic E-state index is -1.15. The van der Waals surface area contributed by atoms with E-state index in [1.807, 2.05) is 0 Å². The molecule has 2 amide bonds. The molecule has 1 atom stereocenters. The van der Waals surface area contributed by atoms with Gasteiger partial charge in [0.2, 0.25) is 11.8 Å². The molecule has 156 valence electrons. The average molecular weight is 404 g/mol. The number of benzene rings is 1. The molecule has 29 heavy (non-hydrogen) atoms. The number of carboxylic acids is 1. The molecule has 0 bridgehead atoms. The van der Waals surface area contributed by atoms with Crippen molar-refractivity contribution in [1.29, 1.82) is 0 Å². The van der Waals surface area contributed by atoms with Gasteiger partial charge in [-0.25, -0.2) is 9.59 Å². The standard InChI is InChI=1S/C20H24N2O7/c1-10(2)18(19(25)26)22-17(24)9-21-16(23)8-14-11(3)13-6-5-12(28-4)7-15(13)29-20(14)27/h5-7,10,18H,8-9H2,1-4H3,(H,21,23)(H,22,24)(H,25,26). The van der Waals surface area contributed by atoms with Gasteiger partial charge in [0.25, 0.3) is 0 Å². The number of aliphatic carboxylic acids is 1. The van der Waals surface area contributed by atoms with Crippen LogP contribution in [-0.2, 0) is 20.8 Å². The SMILES string of the molecule is COc1ccc2c(C)c(CC(=O)NCC(=O)NC(C(=O)O)C(C)C)c(=O)oc2c1. The number of carbonyl (C=O) groups excluding carboxylic acids is 2. The molecule has 1 heterocycles. The molecule has 1 aromatic heterocycles. The molecule has 1 unspecified atom stereocenters. The lowest BCUT2D eigenvalue weighted by Crippen LogP contribution is -2.48. The highest BCUT2D eigenvalue weighted by Gasteiger charge is 2.23. The van der Waals surface area contributed by atoms with E-state index < -0.39 is 36.0 Å². The molecule has 0 radical (unpaired) electrons. The van der Waals surface area contributed by atoms with Gasteiger partial charge < -0.3 is 24.9 Å². The summed E-state index contributed by atoms with van der Waals surface area (Å²) in [5.41, 5.74) is 0.493. The Kier molecular flexibility index (Phi) is 6.98. The van der Waals surface area contributed by atoms with Crippen LogP contribution in [-0.4, -0.2) is 42.6 Å². The summed E-state index contributed by atoms with van der Waals surface area (Å²) in [5.74, 6) is -2.11. The highest BCUT2D eigenvalue weighted by atomic mass is 16.5. The molecule has 2 aromatic rings. The number of rotatable bonds is 8. The van der Waals surface area contributed by atoms with Crippen molar-refractivity contribution in [3.8, 4) is 5.75 Å². The summed E-state index contributed by atoms with van der Waals surface area (Å²) in [4.78, 5) is 47.5. The van der Waals surface area contributed by atoms with E-state index in [-0.39, 0.29) is 17.9 Å². The lowest BCUT2D eigenvalue weighted by molar-refractivity contribution is -0.143. The van der Waals surface area contributed by atoms with Gasteiger partial charge in [-0.2, -0.15) is 0 Å². The monoisotopic (exact) mass is 404 g/mol. The molecule has 0 saturated heterocycles. The Morgan fingerprint density at radius 1 is 1.21 bits per heavy atom. The quantitative estimate of drug-likeness (QED) is 0.559. The van der Waals surface area contributed by atoms with E-state index in [0.29, 0.717) is 22.3 Å². The minimum absolute atomic E-state index is 0.186. The van der Waals surface area contributed by atoms with Crippen molar-refractivity contribution in [3.05, 3.63) is 39.7 Å². The Balaban J connectivity index is 2.07. The Hall–Kier alpha value is -3.36. The van der Waals surface area contributed by atoms with Gasteiger partial charge >= 0.3 is 11.6 Å². The fourth-order valence-electron chi connectivity index (χ4n) is 2.85. The van der Waals surface area contributed by atoms with Crippen LogP contribution in [0.4, 0.5) is 0 Å². The zero-order valence-corrected chi connectivity index (χ0v) is 16.7. The van der Waals surface area contributed by atoms with Crippen molar-refractivity contribution >= 4 is 28.8 Å². The summed E-state index contributed by atoms with van der Waals surface area (Å²) in [6, 6.07) is 3.99. The first-order valence-corrected chi connectivity index (χ1v) is 9.03. The van der Waals surface area contributed by atoms with E-state index in [0.717, 1.165) is 0 Å².